The molecule has 0 aliphatic carbocycles. The maximum Gasteiger partial charge on any atom is 0.325 e. The van der Waals surface area contributed by atoms with E-state index in [0.29, 0.717) is 36.2 Å². The summed E-state index contributed by atoms with van der Waals surface area (Å²) in [5.74, 6) is -0.500. The molecule has 2 heterocycles. The van der Waals surface area contributed by atoms with Crippen molar-refractivity contribution < 1.29 is 22.8 Å². The molecule has 2 aromatic carbocycles. The molecule has 36 heavy (non-hydrogen) atoms. The van der Waals surface area contributed by atoms with Gasteiger partial charge in [0.05, 0.1) is 4.90 Å². The summed E-state index contributed by atoms with van der Waals surface area (Å²) in [5, 5.41) is 5.32. The Kier molecular flexibility index (Phi) is 6.94. The lowest BCUT2D eigenvalue weighted by molar-refractivity contribution is -0.133. The molecule has 2 fully saturated rings. The number of hydrogen-bond acceptors (Lipinski definition) is 5. The third kappa shape index (κ3) is 5.01. The predicted molar refractivity (Wildman–Crippen MR) is 136 cm³/mol. The molecule has 2 aliphatic heterocycles. The summed E-state index contributed by atoms with van der Waals surface area (Å²) in [6.45, 7) is 8.14. The zero-order valence-corrected chi connectivity index (χ0v) is 21.8. The maximum absolute atomic E-state index is 13.1. The fraction of sp³-hybridized carbons (Fsp3) is 0.423. The molecule has 4 rings (SSSR count). The Balaban J connectivity index is 1.41. The van der Waals surface area contributed by atoms with Gasteiger partial charge in [-0.25, -0.2) is 13.2 Å². The number of benzene rings is 2. The van der Waals surface area contributed by atoms with Crippen LogP contribution in [0.3, 0.4) is 0 Å². The second-order valence-corrected chi connectivity index (χ2v) is 12.1. The van der Waals surface area contributed by atoms with Gasteiger partial charge >= 0.3 is 6.03 Å². The van der Waals surface area contributed by atoms with Gasteiger partial charge in [-0.1, -0.05) is 43.7 Å². The second kappa shape index (κ2) is 9.67. The van der Waals surface area contributed by atoms with Gasteiger partial charge in [0, 0.05) is 18.8 Å². The molecule has 0 saturated carbocycles. The van der Waals surface area contributed by atoms with Gasteiger partial charge in [0.1, 0.15) is 12.1 Å². The SMILES string of the molecule is Cc1ccc([C@]2(C)NC(=O)N(CC(=O)Nc3ccc(S(=O)(=O)N4C[C@@H](C)C[C@H](C)C4)cc3)C2=O)cc1. The molecule has 3 atom stereocenters. The molecule has 0 radical (unpaired) electrons. The number of piperidine rings is 1. The molecule has 4 amide bonds. The Morgan fingerprint density at radius 1 is 1.03 bits per heavy atom. The Bertz CT molecular complexity index is 1270. The topological polar surface area (TPSA) is 116 Å². The Morgan fingerprint density at radius 3 is 2.19 bits per heavy atom. The fourth-order valence-electron chi connectivity index (χ4n) is 4.93. The quantitative estimate of drug-likeness (QED) is 0.577. The van der Waals surface area contributed by atoms with Gasteiger partial charge < -0.3 is 10.6 Å². The van der Waals surface area contributed by atoms with Crippen LogP contribution in [0.15, 0.2) is 53.4 Å². The van der Waals surface area contributed by atoms with E-state index >= 15 is 0 Å². The van der Waals surface area contributed by atoms with E-state index in [4.69, 9.17) is 0 Å². The number of rotatable bonds is 6. The highest BCUT2D eigenvalue weighted by Crippen LogP contribution is 2.29. The Morgan fingerprint density at radius 2 is 1.61 bits per heavy atom. The number of hydrogen-bond donors (Lipinski definition) is 2. The van der Waals surface area contributed by atoms with Crippen LogP contribution in [-0.2, 0) is 25.2 Å². The summed E-state index contributed by atoms with van der Waals surface area (Å²) in [4.78, 5) is 39.3. The molecule has 192 valence electrons. The monoisotopic (exact) mass is 512 g/mol. The van der Waals surface area contributed by atoms with Crippen molar-refractivity contribution in [2.75, 3.05) is 25.0 Å². The number of aryl methyl sites for hydroxylation is 1. The first-order valence-electron chi connectivity index (χ1n) is 12.0. The minimum Gasteiger partial charge on any atom is -0.325 e. The third-order valence-corrected chi connectivity index (χ3v) is 8.66. The lowest BCUT2D eigenvalue weighted by Gasteiger charge is -2.34. The molecule has 0 aromatic heterocycles. The Labute approximate surface area is 211 Å². The van der Waals surface area contributed by atoms with Crippen LogP contribution < -0.4 is 10.6 Å². The maximum atomic E-state index is 13.1. The second-order valence-electron chi connectivity index (χ2n) is 10.2. The molecule has 2 aliphatic rings. The van der Waals surface area contributed by atoms with Crippen LogP contribution in [-0.4, -0.2) is 55.1 Å². The summed E-state index contributed by atoms with van der Waals surface area (Å²) in [5.41, 5.74) is 0.760. The van der Waals surface area contributed by atoms with Crippen molar-refractivity contribution in [1.82, 2.24) is 14.5 Å². The van der Waals surface area contributed by atoms with E-state index in [9.17, 15) is 22.8 Å². The van der Waals surface area contributed by atoms with Crippen molar-refractivity contribution in [3.8, 4) is 0 Å². The number of carbonyl (C=O) groups excluding carboxylic acids is 3. The number of anilines is 1. The highest BCUT2D eigenvalue weighted by atomic mass is 32.2. The van der Waals surface area contributed by atoms with E-state index in [-0.39, 0.29) is 4.90 Å². The smallest absolute Gasteiger partial charge is 0.325 e. The number of sulfonamides is 1. The molecular weight excluding hydrogens is 480 g/mol. The number of nitrogens with zero attached hydrogens (tertiary/aromatic N) is 2. The zero-order valence-electron chi connectivity index (χ0n) is 20.9. The zero-order chi connectivity index (χ0) is 26.3. The van der Waals surface area contributed by atoms with Crippen molar-refractivity contribution in [1.29, 1.82) is 0 Å². The van der Waals surface area contributed by atoms with Crippen LogP contribution in [0.1, 0.15) is 38.3 Å². The molecule has 2 N–H and O–H groups in total. The van der Waals surface area contributed by atoms with E-state index in [0.717, 1.165) is 16.9 Å². The van der Waals surface area contributed by atoms with Gasteiger partial charge in [-0.05, 0) is 61.9 Å². The van der Waals surface area contributed by atoms with Crippen molar-refractivity contribution in [3.63, 3.8) is 0 Å². The van der Waals surface area contributed by atoms with E-state index in [1.54, 1.807) is 19.1 Å². The summed E-state index contributed by atoms with van der Waals surface area (Å²) in [7, 11) is -3.63. The molecule has 9 nitrogen and oxygen atoms in total. The van der Waals surface area contributed by atoms with Crippen LogP contribution in [0, 0.1) is 18.8 Å². The van der Waals surface area contributed by atoms with E-state index in [2.05, 4.69) is 10.6 Å². The standard InChI is InChI=1S/C26H32N4O5S/c1-17-5-7-20(8-6-17)26(4)24(32)30(25(33)28-26)16-23(31)27-21-9-11-22(12-10-21)36(34,35)29-14-18(2)13-19(3)15-29/h5-12,18-19H,13-16H2,1-4H3,(H,27,31)(H,28,33)/t18-,19-,26-/m0/s1. The van der Waals surface area contributed by atoms with Gasteiger partial charge in [0.15, 0.2) is 0 Å². The van der Waals surface area contributed by atoms with Gasteiger partial charge in [-0.2, -0.15) is 4.31 Å². The summed E-state index contributed by atoms with van der Waals surface area (Å²) in [6, 6.07) is 12.5. The molecule has 2 aromatic rings. The van der Waals surface area contributed by atoms with E-state index in [1.807, 2.05) is 32.9 Å². The normalized spacial score (nSPS) is 25.1. The van der Waals surface area contributed by atoms with Crippen molar-refractivity contribution >= 4 is 33.6 Å². The molecule has 0 unspecified atom stereocenters. The number of urea groups is 1. The summed E-state index contributed by atoms with van der Waals surface area (Å²) in [6.07, 6.45) is 0.999. The Hall–Kier alpha value is -3.24. The van der Waals surface area contributed by atoms with Crippen LogP contribution in [0.2, 0.25) is 0 Å². The average Bonchev–Trinajstić information content (AvgIpc) is 3.03. The van der Waals surface area contributed by atoms with Gasteiger partial charge in [0.2, 0.25) is 15.9 Å². The largest absolute Gasteiger partial charge is 0.325 e. The van der Waals surface area contributed by atoms with E-state index < -0.39 is 40.0 Å². The van der Waals surface area contributed by atoms with E-state index in [1.165, 1.54) is 28.6 Å². The van der Waals surface area contributed by atoms with Crippen molar-refractivity contribution in [3.05, 3.63) is 59.7 Å². The van der Waals surface area contributed by atoms with Crippen molar-refractivity contribution in [2.24, 2.45) is 11.8 Å². The lowest BCUT2D eigenvalue weighted by Crippen LogP contribution is -2.42. The average molecular weight is 513 g/mol. The molecule has 10 heteroatoms. The van der Waals surface area contributed by atoms with Gasteiger partial charge in [0.25, 0.3) is 5.91 Å². The van der Waals surface area contributed by atoms with Gasteiger partial charge in [-0.3, -0.25) is 14.5 Å². The van der Waals surface area contributed by atoms with Crippen LogP contribution in [0.25, 0.3) is 0 Å². The lowest BCUT2D eigenvalue weighted by atomic mass is 9.91. The first-order chi connectivity index (χ1) is 16.9. The highest BCUT2D eigenvalue weighted by Gasteiger charge is 2.49. The highest BCUT2D eigenvalue weighted by molar-refractivity contribution is 7.89. The van der Waals surface area contributed by atoms with Crippen molar-refractivity contribution in [2.45, 2.75) is 44.6 Å². The van der Waals surface area contributed by atoms with Crippen LogP contribution in [0.5, 0.6) is 0 Å². The fourth-order valence-corrected chi connectivity index (χ4v) is 6.61. The number of carbonyl (C=O) groups is 3. The molecule has 0 bridgehead atoms. The summed E-state index contributed by atoms with van der Waals surface area (Å²) >= 11 is 0. The first kappa shape index (κ1) is 25.8. The third-order valence-electron chi connectivity index (χ3n) is 6.82. The number of nitrogens with one attached hydrogen (secondary N) is 2. The minimum atomic E-state index is -3.63. The van der Waals surface area contributed by atoms with Crippen LogP contribution in [0.4, 0.5) is 10.5 Å². The summed E-state index contributed by atoms with van der Waals surface area (Å²) < 4.78 is 27.6. The minimum absolute atomic E-state index is 0.157. The number of amides is 4. The van der Waals surface area contributed by atoms with Gasteiger partial charge in [-0.15, -0.1) is 0 Å². The first-order valence-corrected chi connectivity index (χ1v) is 13.5. The van der Waals surface area contributed by atoms with Crippen LogP contribution >= 0.6 is 0 Å². The number of imide groups is 1. The molecule has 0 spiro atoms. The molecular formula is C26H32N4O5S. The molecule has 2 saturated heterocycles. The predicted octanol–water partition coefficient (Wildman–Crippen LogP) is 3.07.